The van der Waals surface area contributed by atoms with E-state index in [0.717, 1.165) is 9.87 Å². The third-order valence-corrected chi connectivity index (χ3v) is 8.78. The van der Waals surface area contributed by atoms with Crippen LogP contribution in [0.5, 0.6) is 5.75 Å². The maximum Gasteiger partial charge on any atom is 0.294 e. The van der Waals surface area contributed by atoms with E-state index in [1.807, 2.05) is 0 Å². The van der Waals surface area contributed by atoms with E-state index >= 15 is 0 Å². The van der Waals surface area contributed by atoms with Gasteiger partial charge in [0, 0.05) is 18.5 Å². The average Bonchev–Trinajstić information content (AvgIpc) is 2.90. The third kappa shape index (κ3) is 7.52. The Hall–Kier alpha value is -3.62. The van der Waals surface area contributed by atoms with E-state index in [0.29, 0.717) is 5.56 Å². The van der Waals surface area contributed by atoms with E-state index < -0.39 is 50.4 Å². The van der Waals surface area contributed by atoms with Gasteiger partial charge in [-0.15, -0.1) is 0 Å². The molecule has 214 valence electrons. The van der Waals surface area contributed by atoms with Gasteiger partial charge < -0.3 is 4.74 Å². The number of ether oxygens (including phenoxy) is 1. The quantitative estimate of drug-likeness (QED) is 0.160. The number of hydrogen-bond acceptors (Lipinski definition) is 7. The first kappa shape index (κ1) is 30.9. The molecule has 40 heavy (non-hydrogen) atoms. The smallest absolute Gasteiger partial charge is 0.294 e. The lowest BCUT2D eigenvalue weighted by atomic mass is 10.1. The largest absolute Gasteiger partial charge is 0.486 e. The first-order valence-electron chi connectivity index (χ1n) is 11.9. The number of halogens is 1. The number of amides is 1. The van der Waals surface area contributed by atoms with E-state index in [2.05, 4.69) is 6.58 Å². The van der Waals surface area contributed by atoms with Gasteiger partial charge in [0.1, 0.15) is 22.8 Å². The van der Waals surface area contributed by atoms with Crippen LogP contribution < -0.4 is 10.2 Å². The summed E-state index contributed by atoms with van der Waals surface area (Å²) in [5.74, 6) is -1.91. The summed E-state index contributed by atoms with van der Waals surface area (Å²) in [6, 6.07) is 16.1. The van der Waals surface area contributed by atoms with Crippen molar-refractivity contribution in [3.63, 3.8) is 0 Å². The van der Waals surface area contributed by atoms with Crippen molar-refractivity contribution >= 4 is 26.0 Å². The van der Waals surface area contributed by atoms with Gasteiger partial charge >= 0.3 is 0 Å². The molecule has 0 spiro atoms. The predicted octanol–water partition coefficient (Wildman–Crippen LogP) is 4.32. The zero-order valence-electron chi connectivity index (χ0n) is 21.7. The van der Waals surface area contributed by atoms with Crippen LogP contribution in [0.3, 0.4) is 0 Å². The van der Waals surface area contributed by atoms with Crippen LogP contribution in [-0.4, -0.2) is 42.8 Å². The second-order valence-electron chi connectivity index (χ2n) is 9.00. The molecule has 2 unspecified atom stereocenters. The molecule has 10 nitrogen and oxygen atoms in total. The topological polar surface area (TPSA) is 150 Å². The molecule has 3 aromatic rings. The highest BCUT2D eigenvalue weighted by atomic mass is 32.2. The minimum atomic E-state index is -4.52. The number of hydrogen-bond donors (Lipinski definition) is 3. The molecule has 0 radical (unpaired) electrons. The number of carbonyl (C=O) groups excluding carboxylic acids is 1. The summed E-state index contributed by atoms with van der Waals surface area (Å²) in [4.78, 5) is 11.9. The first-order chi connectivity index (χ1) is 18.7. The average molecular weight is 593 g/mol. The van der Waals surface area contributed by atoms with Gasteiger partial charge in [-0.3, -0.25) is 14.6 Å². The maximum absolute atomic E-state index is 13.8. The van der Waals surface area contributed by atoms with Gasteiger partial charge in [0.2, 0.25) is 10.0 Å². The molecule has 0 aromatic heterocycles. The van der Waals surface area contributed by atoms with E-state index in [9.17, 15) is 35.8 Å². The van der Waals surface area contributed by atoms with Crippen molar-refractivity contribution in [2.24, 2.45) is 0 Å². The van der Waals surface area contributed by atoms with Gasteiger partial charge in [-0.05, 0) is 49.7 Å². The number of carbonyl (C=O) groups is 1. The van der Waals surface area contributed by atoms with Crippen molar-refractivity contribution in [2.75, 3.05) is 0 Å². The van der Waals surface area contributed by atoms with Gasteiger partial charge in [-0.2, -0.15) is 12.7 Å². The van der Waals surface area contributed by atoms with Crippen LogP contribution in [0, 0.1) is 6.92 Å². The fraction of sp³-hybridized carbons (Fsp3) is 0.222. The Morgan fingerprint density at radius 1 is 1.05 bits per heavy atom. The molecule has 0 bridgehead atoms. The molecule has 1 amide bonds. The molecule has 3 aromatic carbocycles. The molecule has 2 atom stereocenters. The highest BCUT2D eigenvalue weighted by molar-refractivity contribution is 7.89. The Labute approximate surface area is 232 Å². The zero-order chi connectivity index (χ0) is 29.7. The summed E-state index contributed by atoms with van der Waals surface area (Å²) in [7, 11) is -8.97. The second-order valence-corrected chi connectivity index (χ2v) is 12.3. The molecule has 0 saturated carbocycles. The molecule has 3 rings (SSSR count). The third-order valence-electron chi connectivity index (χ3n) is 5.98. The molecule has 3 N–H and O–H groups in total. The molecular weight excluding hydrogens is 563 g/mol. The van der Waals surface area contributed by atoms with E-state index in [-0.39, 0.29) is 27.6 Å². The molecule has 0 saturated heterocycles. The lowest BCUT2D eigenvalue weighted by Gasteiger charge is -2.29. The number of hydroxylamine groups is 1. The Balaban J connectivity index is 1.96. The second kappa shape index (κ2) is 12.7. The number of nitrogens with one attached hydrogen (secondary N) is 1. The summed E-state index contributed by atoms with van der Waals surface area (Å²) < 4.78 is 81.1. The van der Waals surface area contributed by atoms with Crippen molar-refractivity contribution in [3.05, 3.63) is 102 Å². The molecule has 0 aliphatic carbocycles. The van der Waals surface area contributed by atoms with Crippen LogP contribution in [0.4, 0.5) is 4.39 Å². The van der Waals surface area contributed by atoms with E-state index in [1.165, 1.54) is 41.9 Å². The highest BCUT2D eigenvalue weighted by Crippen LogP contribution is 2.30. The van der Waals surface area contributed by atoms with Gasteiger partial charge in [0.15, 0.2) is 0 Å². The van der Waals surface area contributed by atoms with Crippen LogP contribution in [0.25, 0.3) is 0 Å². The predicted molar refractivity (Wildman–Crippen MR) is 144 cm³/mol. The Kier molecular flexibility index (Phi) is 9.82. The summed E-state index contributed by atoms with van der Waals surface area (Å²) in [6.07, 6.45) is -1.54. The number of benzene rings is 3. The van der Waals surface area contributed by atoms with Crippen molar-refractivity contribution in [1.82, 2.24) is 9.79 Å². The lowest BCUT2D eigenvalue weighted by molar-refractivity contribution is -0.133. The van der Waals surface area contributed by atoms with E-state index in [4.69, 9.17) is 4.74 Å². The van der Waals surface area contributed by atoms with Crippen LogP contribution in [0.15, 0.2) is 95.0 Å². The van der Waals surface area contributed by atoms with Crippen molar-refractivity contribution in [2.45, 2.75) is 48.7 Å². The summed E-state index contributed by atoms with van der Waals surface area (Å²) in [5.41, 5.74) is 2.84. The minimum absolute atomic E-state index is 0.186. The molecule has 0 heterocycles. The molecular formula is C27H29FN2O8S2. The number of nitrogens with zero attached hydrogens (tertiary/aromatic N) is 1. The van der Waals surface area contributed by atoms with Crippen LogP contribution in [0.2, 0.25) is 0 Å². The van der Waals surface area contributed by atoms with Crippen LogP contribution in [-0.2, 0) is 31.5 Å². The standard InChI is InChI=1S/C27H29FN2O8S2/c1-18-9-14-26(40(35,36)37)24(15-18)20(3)38-22-10-12-23(13-11-22)39(33,34)30(17-21-7-5-4-6-8-21)25(16-19(2)28)27(31)29-32/h4-15,20,25,32H,2,16-17H2,1,3H3,(H,29,31)(H,35,36,37). The fourth-order valence-electron chi connectivity index (χ4n) is 4.05. The van der Waals surface area contributed by atoms with Crippen LogP contribution >= 0.6 is 0 Å². The van der Waals surface area contributed by atoms with Gasteiger partial charge in [0.05, 0.1) is 10.7 Å². The monoisotopic (exact) mass is 592 g/mol. The Morgan fingerprint density at radius 2 is 1.68 bits per heavy atom. The van der Waals surface area contributed by atoms with Gasteiger partial charge in [-0.25, -0.2) is 18.3 Å². The van der Waals surface area contributed by atoms with E-state index in [1.54, 1.807) is 50.2 Å². The zero-order valence-corrected chi connectivity index (χ0v) is 23.3. The number of sulfonamides is 1. The highest BCUT2D eigenvalue weighted by Gasteiger charge is 2.36. The van der Waals surface area contributed by atoms with Crippen molar-refractivity contribution in [1.29, 1.82) is 0 Å². The Bertz CT molecular complexity index is 1580. The minimum Gasteiger partial charge on any atom is -0.486 e. The lowest BCUT2D eigenvalue weighted by Crippen LogP contribution is -2.48. The Morgan fingerprint density at radius 3 is 2.23 bits per heavy atom. The fourth-order valence-corrected chi connectivity index (χ4v) is 6.39. The van der Waals surface area contributed by atoms with Crippen molar-refractivity contribution in [3.8, 4) is 5.75 Å². The first-order valence-corrected chi connectivity index (χ1v) is 14.8. The van der Waals surface area contributed by atoms with Crippen molar-refractivity contribution < 1.29 is 40.5 Å². The van der Waals surface area contributed by atoms with Crippen LogP contribution in [0.1, 0.15) is 36.1 Å². The summed E-state index contributed by atoms with van der Waals surface area (Å²) in [5, 5.41) is 9.23. The maximum atomic E-state index is 13.8. The van der Waals surface area contributed by atoms with Gasteiger partial charge in [-0.1, -0.05) is 54.6 Å². The number of aryl methyl sites for hydroxylation is 1. The molecule has 0 fully saturated rings. The molecule has 0 aliphatic heterocycles. The summed E-state index contributed by atoms with van der Waals surface area (Å²) in [6.45, 7) is 6.13. The summed E-state index contributed by atoms with van der Waals surface area (Å²) >= 11 is 0. The number of rotatable bonds is 12. The SMILES string of the molecule is C=C(F)CC(C(=O)NO)N(Cc1ccccc1)S(=O)(=O)c1ccc(OC(C)c2cc(C)ccc2S(=O)(=O)O)cc1. The molecule has 13 heteroatoms. The molecule has 0 aliphatic rings. The van der Waals surface area contributed by atoms with Gasteiger partial charge in [0.25, 0.3) is 16.0 Å². The normalized spacial score (nSPS) is 13.4.